The molecular weight excluding hydrogens is 378 g/mol. The molecule has 1 unspecified atom stereocenters. The van der Waals surface area contributed by atoms with Crippen LogP contribution in [0.15, 0.2) is 24.5 Å². The van der Waals surface area contributed by atoms with Crippen LogP contribution in [-0.4, -0.2) is 56.6 Å². The Kier molecular flexibility index (Phi) is 3.71. The number of anilines is 3. The molecule has 2 aliphatic heterocycles. The van der Waals surface area contributed by atoms with Crippen LogP contribution in [0.5, 0.6) is 0 Å². The van der Waals surface area contributed by atoms with Crippen molar-refractivity contribution in [3.05, 3.63) is 35.7 Å². The zero-order chi connectivity index (χ0) is 20.5. The van der Waals surface area contributed by atoms with Crippen molar-refractivity contribution in [1.29, 1.82) is 0 Å². The predicted molar refractivity (Wildman–Crippen MR) is 116 cm³/mol. The first-order valence-corrected chi connectivity index (χ1v) is 10.8. The van der Waals surface area contributed by atoms with Gasteiger partial charge >= 0.3 is 0 Å². The zero-order valence-electron chi connectivity index (χ0n) is 17.2. The fraction of sp³-hybridized carbons (Fsp3) is 0.500. The first-order valence-electron chi connectivity index (χ1n) is 10.8. The van der Waals surface area contributed by atoms with E-state index in [1.165, 1.54) is 5.56 Å². The standard InChI is InChI=1S/C22H27N7O/c1-28-9-8-21(11-28)12-29(19-17-18(25-13-24-17)26-20(23)27-19)16-10-14(4-5-15(16)21)22(30)6-2-3-7-22/h4-5,10,13,30H,2-3,6-9,11-12H2,1H3,(H3,23,24,25,26,27). The SMILES string of the molecule is CN1CCC2(C1)CN(c1nc(N)nc3nc[nH]c13)c1cc(C3(O)CCCC3)ccc12. The number of aromatic amines is 1. The number of nitrogens with two attached hydrogens (primary N) is 1. The normalized spacial score (nSPS) is 25.6. The van der Waals surface area contributed by atoms with Crippen LogP contribution in [0.2, 0.25) is 0 Å². The van der Waals surface area contributed by atoms with E-state index in [1.54, 1.807) is 6.33 Å². The largest absolute Gasteiger partial charge is 0.385 e. The van der Waals surface area contributed by atoms with E-state index in [2.05, 4.69) is 55.0 Å². The van der Waals surface area contributed by atoms with Gasteiger partial charge < -0.3 is 25.6 Å². The fourth-order valence-corrected chi connectivity index (χ4v) is 5.86. The van der Waals surface area contributed by atoms with Gasteiger partial charge in [-0.05, 0) is 50.0 Å². The Morgan fingerprint density at radius 3 is 2.73 bits per heavy atom. The monoisotopic (exact) mass is 405 g/mol. The Labute approximate surface area is 175 Å². The number of nitrogen functional groups attached to an aromatic ring is 1. The lowest BCUT2D eigenvalue weighted by Gasteiger charge is -2.25. The van der Waals surface area contributed by atoms with Crippen molar-refractivity contribution in [3.8, 4) is 0 Å². The van der Waals surface area contributed by atoms with Crippen molar-refractivity contribution in [2.24, 2.45) is 0 Å². The quantitative estimate of drug-likeness (QED) is 0.601. The van der Waals surface area contributed by atoms with Crippen LogP contribution in [0.4, 0.5) is 17.5 Å². The number of imidazole rings is 1. The van der Waals surface area contributed by atoms with Crippen molar-refractivity contribution >= 4 is 28.6 Å². The summed E-state index contributed by atoms with van der Waals surface area (Å²) in [5.74, 6) is 0.986. The van der Waals surface area contributed by atoms with E-state index >= 15 is 0 Å². The Morgan fingerprint density at radius 2 is 1.97 bits per heavy atom. The molecule has 2 fully saturated rings. The summed E-state index contributed by atoms with van der Waals surface area (Å²) in [7, 11) is 2.18. The van der Waals surface area contributed by atoms with Crippen LogP contribution in [0.25, 0.3) is 11.2 Å². The number of hydrogen-bond acceptors (Lipinski definition) is 7. The number of H-pyrrole nitrogens is 1. The summed E-state index contributed by atoms with van der Waals surface area (Å²) in [6.07, 6.45) is 6.53. The molecule has 156 valence electrons. The summed E-state index contributed by atoms with van der Waals surface area (Å²) in [5, 5.41) is 11.2. The molecule has 1 aliphatic carbocycles. The van der Waals surface area contributed by atoms with E-state index in [9.17, 15) is 5.11 Å². The molecule has 0 bridgehead atoms. The van der Waals surface area contributed by atoms with Gasteiger partial charge in [0.25, 0.3) is 0 Å². The molecule has 0 radical (unpaired) electrons. The molecular formula is C22H27N7O. The minimum absolute atomic E-state index is 0.0486. The van der Waals surface area contributed by atoms with Crippen molar-refractivity contribution in [2.75, 3.05) is 37.3 Å². The topological polar surface area (TPSA) is 107 Å². The highest BCUT2D eigenvalue weighted by atomic mass is 16.3. The van der Waals surface area contributed by atoms with Crippen molar-refractivity contribution in [3.63, 3.8) is 0 Å². The second-order valence-electron chi connectivity index (χ2n) is 9.33. The number of fused-ring (bicyclic) bond motifs is 3. The molecule has 3 aliphatic rings. The van der Waals surface area contributed by atoms with Crippen molar-refractivity contribution in [2.45, 2.75) is 43.1 Å². The molecule has 1 aromatic carbocycles. The van der Waals surface area contributed by atoms with E-state index in [0.29, 0.717) is 5.65 Å². The van der Waals surface area contributed by atoms with Gasteiger partial charge in [0.1, 0.15) is 5.52 Å². The van der Waals surface area contributed by atoms with Gasteiger partial charge in [-0.2, -0.15) is 9.97 Å². The smallest absolute Gasteiger partial charge is 0.224 e. The Balaban J connectivity index is 1.54. The first-order chi connectivity index (χ1) is 14.5. The summed E-state index contributed by atoms with van der Waals surface area (Å²) in [6.45, 7) is 2.91. The molecule has 8 heteroatoms. The fourth-order valence-electron chi connectivity index (χ4n) is 5.86. The van der Waals surface area contributed by atoms with E-state index < -0.39 is 5.60 Å². The minimum atomic E-state index is -0.725. The van der Waals surface area contributed by atoms with Gasteiger partial charge in [-0.1, -0.05) is 25.0 Å². The molecule has 1 atom stereocenters. The lowest BCUT2D eigenvalue weighted by Crippen LogP contribution is -2.34. The molecule has 6 rings (SSSR count). The maximum atomic E-state index is 11.2. The molecule has 1 spiro atoms. The number of nitrogens with zero attached hydrogens (tertiary/aromatic N) is 5. The molecule has 2 aromatic heterocycles. The molecule has 0 amide bonds. The second-order valence-corrected chi connectivity index (χ2v) is 9.33. The van der Waals surface area contributed by atoms with Crippen LogP contribution >= 0.6 is 0 Å². The van der Waals surface area contributed by atoms with Crippen LogP contribution in [0, 0.1) is 0 Å². The minimum Gasteiger partial charge on any atom is -0.385 e. The average molecular weight is 406 g/mol. The third-order valence-corrected chi connectivity index (χ3v) is 7.37. The molecule has 4 N–H and O–H groups in total. The first kappa shape index (κ1) is 18.1. The summed E-state index contributed by atoms with van der Waals surface area (Å²) < 4.78 is 0. The van der Waals surface area contributed by atoms with Gasteiger partial charge in [-0.3, -0.25) is 0 Å². The summed E-state index contributed by atoms with van der Waals surface area (Å²) >= 11 is 0. The van der Waals surface area contributed by atoms with Crippen molar-refractivity contribution < 1.29 is 5.11 Å². The van der Waals surface area contributed by atoms with Gasteiger partial charge in [-0.15, -0.1) is 0 Å². The van der Waals surface area contributed by atoms with Crippen LogP contribution in [0.1, 0.15) is 43.2 Å². The highest BCUT2D eigenvalue weighted by Crippen LogP contribution is 2.51. The van der Waals surface area contributed by atoms with E-state index in [-0.39, 0.29) is 11.4 Å². The number of aromatic nitrogens is 4. The number of likely N-dealkylation sites (N-methyl/N-ethyl adjacent to an activating group) is 1. The van der Waals surface area contributed by atoms with Gasteiger partial charge in [0.2, 0.25) is 5.95 Å². The lowest BCUT2D eigenvalue weighted by molar-refractivity contribution is 0.0445. The number of benzene rings is 1. The Bertz CT molecular complexity index is 1140. The molecule has 3 aromatic rings. The zero-order valence-corrected chi connectivity index (χ0v) is 17.2. The summed E-state index contributed by atoms with van der Waals surface area (Å²) in [5.41, 5.74) is 10.2. The maximum absolute atomic E-state index is 11.2. The maximum Gasteiger partial charge on any atom is 0.224 e. The molecule has 8 nitrogen and oxygen atoms in total. The third-order valence-electron chi connectivity index (χ3n) is 7.37. The number of likely N-dealkylation sites (tertiary alicyclic amines) is 1. The predicted octanol–water partition coefficient (Wildman–Crippen LogP) is 2.42. The van der Waals surface area contributed by atoms with Crippen LogP contribution in [0.3, 0.4) is 0 Å². The van der Waals surface area contributed by atoms with Gasteiger partial charge in [-0.25, -0.2) is 4.98 Å². The Hall–Kier alpha value is -2.71. The van der Waals surface area contributed by atoms with Crippen LogP contribution in [-0.2, 0) is 11.0 Å². The number of rotatable bonds is 2. The average Bonchev–Trinajstić information content (AvgIpc) is 3.50. The van der Waals surface area contributed by atoms with Crippen molar-refractivity contribution in [1.82, 2.24) is 24.8 Å². The third kappa shape index (κ3) is 2.50. The highest BCUT2D eigenvalue weighted by Gasteiger charge is 2.48. The van der Waals surface area contributed by atoms with Gasteiger partial charge in [0, 0.05) is 24.2 Å². The summed E-state index contributed by atoms with van der Waals surface area (Å²) in [4.78, 5) is 21.0. The lowest BCUT2D eigenvalue weighted by atomic mass is 9.80. The summed E-state index contributed by atoms with van der Waals surface area (Å²) in [6, 6.07) is 6.58. The van der Waals surface area contributed by atoms with Gasteiger partial charge in [0.05, 0.1) is 11.9 Å². The van der Waals surface area contributed by atoms with Gasteiger partial charge in [0.15, 0.2) is 11.5 Å². The number of hydrogen-bond donors (Lipinski definition) is 3. The Morgan fingerprint density at radius 1 is 1.13 bits per heavy atom. The van der Waals surface area contributed by atoms with E-state index in [4.69, 9.17) is 5.73 Å². The second kappa shape index (κ2) is 6.15. The molecule has 1 saturated heterocycles. The van der Waals surface area contributed by atoms with E-state index in [0.717, 1.165) is 74.3 Å². The molecule has 4 heterocycles. The van der Waals surface area contributed by atoms with E-state index in [1.807, 2.05) is 0 Å². The molecule has 30 heavy (non-hydrogen) atoms. The van der Waals surface area contributed by atoms with Crippen LogP contribution < -0.4 is 10.6 Å². The number of nitrogens with one attached hydrogen (secondary N) is 1. The molecule has 1 saturated carbocycles. The highest BCUT2D eigenvalue weighted by molar-refractivity contribution is 5.89. The number of aliphatic hydroxyl groups is 1.